The van der Waals surface area contributed by atoms with Gasteiger partial charge in [-0.15, -0.1) is 0 Å². The molecule has 0 fully saturated rings. The molecule has 0 aliphatic heterocycles. The first-order valence-corrected chi connectivity index (χ1v) is 5.59. The summed E-state index contributed by atoms with van der Waals surface area (Å²) in [7, 11) is 0. The molecule has 0 aromatic carbocycles. The normalized spacial score (nSPS) is 13.3. The monoisotopic (exact) mass is 267 g/mol. The minimum atomic E-state index is -4.39. The summed E-state index contributed by atoms with van der Waals surface area (Å²) in [4.78, 5) is 7.87. The van der Waals surface area contributed by atoms with Crippen LogP contribution in [0.1, 0.15) is 28.6 Å². The SMILES string of the molecule is Cc1ccc(C(N)c2ccc(C(F)(F)F)cn2)cn1. The number of aromatic nitrogens is 2. The van der Waals surface area contributed by atoms with E-state index < -0.39 is 17.8 Å². The van der Waals surface area contributed by atoms with Crippen LogP contribution >= 0.6 is 0 Å². The number of halogens is 3. The highest BCUT2D eigenvalue weighted by molar-refractivity contribution is 5.27. The van der Waals surface area contributed by atoms with Crippen LogP contribution in [0.5, 0.6) is 0 Å². The lowest BCUT2D eigenvalue weighted by atomic mass is 10.1. The van der Waals surface area contributed by atoms with Crippen LogP contribution < -0.4 is 5.73 Å². The summed E-state index contributed by atoms with van der Waals surface area (Å²) in [5.74, 6) is 0. The Morgan fingerprint density at radius 1 is 1.05 bits per heavy atom. The van der Waals surface area contributed by atoms with Gasteiger partial charge in [-0.3, -0.25) is 9.97 Å². The van der Waals surface area contributed by atoms with Gasteiger partial charge in [0.25, 0.3) is 0 Å². The Balaban J connectivity index is 2.25. The van der Waals surface area contributed by atoms with Gasteiger partial charge in [0, 0.05) is 18.1 Å². The molecule has 2 aromatic heterocycles. The van der Waals surface area contributed by atoms with Crippen molar-refractivity contribution in [2.45, 2.75) is 19.1 Å². The Hall–Kier alpha value is -1.95. The van der Waals surface area contributed by atoms with Crippen molar-refractivity contribution < 1.29 is 13.2 Å². The Bertz CT molecular complexity index is 547. The fraction of sp³-hybridized carbons (Fsp3) is 0.231. The number of rotatable bonds is 2. The number of pyridine rings is 2. The summed E-state index contributed by atoms with van der Waals surface area (Å²) < 4.78 is 37.2. The molecule has 0 saturated carbocycles. The predicted octanol–water partition coefficient (Wildman–Crippen LogP) is 2.85. The fourth-order valence-electron chi connectivity index (χ4n) is 1.59. The number of hydrogen-bond donors (Lipinski definition) is 1. The lowest BCUT2D eigenvalue weighted by Crippen LogP contribution is -2.15. The third kappa shape index (κ3) is 3.08. The molecule has 0 bridgehead atoms. The highest BCUT2D eigenvalue weighted by atomic mass is 19.4. The standard InChI is InChI=1S/C13H12F3N3/c1-8-2-3-9(6-18-8)12(17)11-5-4-10(7-19-11)13(14,15)16/h2-7,12H,17H2,1H3. The topological polar surface area (TPSA) is 51.8 Å². The van der Waals surface area contributed by atoms with E-state index in [0.29, 0.717) is 11.3 Å². The second kappa shape index (κ2) is 4.97. The number of aryl methyl sites for hydroxylation is 1. The second-order valence-corrected chi connectivity index (χ2v) is 4.18. The van der Waals surface area contributed by atoms with E-state index in [9.17, 15) is 13.2 Å². The van der Waals surface area contributed by atoms with Gasteiger partial charge in [-0.1, -0.05) is 6.07 Å². The molecule has 19 heavy (non-hydrogen) atoms. The lowest BCUT2D eigenvalue weighted by Gasteiger charge is -2.12. The third-order valence-electron chi connectivity index (χ3n) is 2.73. The van der Waals surface area contributed by atoms with Crippen molar-refractivity contribution in [2.75, 3.05) is 0 Å². The highest BCUT2D eigenvalue weighted by Crippen LogP contribution is 2.29. The van der Waals surface area contributed by atoms with E-state index in [1.54, 1.807) is 18.3 Å². The minimum absolute atomic E-state index is 0.374. The van der Waals surface area contributed by atoms with E-state index >= 15 is 0 Å². The van der Waals surface area contributed by atoms with Crippen molar-refractivity contribution in [3.8, 4) is 0 Å². The smallest absolute Gasteiger partial charge is 0.319 e. The third-order valence-corrected chi connectivity index (χ3v) is 2.73. The van der Waals surface area contributed by atoms with Crippen LogP contribution in [-0.4, -0.2) is 9.97 Å². The first kappa shape index (κ1) is 13.5. The van der Waals surface area contributed by atoms with Crippen LogP contribution in [0.3, 0.4) is 0 Å². The zero-order valence-corrected chi connectivity index (χ0v) is 10.1. The molecule has 0 amide bonds. The van der Waals surface area contributed by atoms with Crippen LogP contribution in [0.25, 0.3) is 0 Å². The van der Waals surface area contributed by atoms with Gasteiger partial charge in [0.05, 0.1) is 17.3 Å². The van der Waals surface area contributed by atoms with E-state index in [1.165, 1.54) is 6.07 Å². The molecule has 100 valence electrons. The van der Waals surface area contributed by atoms with Gasteiger partial charge in [-0.05, 0) is 30.7 Å². The molecule has 0 spiro atoms. The number of nitrogens with zero attached hydrogens (tertiary/aromatic N) is 2. The number of nitrogens with two attached hydrogens (primary N) is 1. The first-order valence-electron chi connectivity index (χ1n) is 5.59. The molecule has 2 aromatic rings. The summed E-state index contributed by atoms with van der Waals surface area (Å²) in [6.45, 7) is 1.84. The van der Waals surface area contributed by atoms with Gasteiger partial charge in [0.15, 0.2) is 0 Å². The summed E-state index contributed by atoms with van der Waals surface area (Å²) in [6, 6.07) is 5.25. The molecular weight excluding hydrogens is 255 g/mol. The molecule has 1 unspecified atom stereocenters. The summed E-state index contributed by atoms with van der Waals surface area (Å²) in [6.07, 6.45) is -2.00. The summed E-state index contributed by atoms with van der Waals surface area (Å²) >= 11 is 0. The maximum Gasteiger partial charge on any atom is 0.417 e. The minimum Gasteiger partial charge on any atom is -0.319 e. The lowest BCUT2D eigenvalue weighted by molar-refractivity contribution is -0.137. The Morgan fingerprint density at radius 3 is 2.26 bits per heavy atom. The molecule has 6 heteroatoms. The first-order chi connectivity index (χ1) is 8.88. The quantitative estimate of drug-likeness (QED) is 0.910. The van der Waals surface area contributed by atoms with Gasteiger partial charge < -0.3 is 5.73 Å². The van der Waals surface area contributed by atoms with Crippen LogP contribution in [0, 0.1) is 6.92 Å². The van der Waals surface area contributed by atoms with Crippen LogP contribution in [-0.2, 0) is 6.18 Å². The van der Waals surface area contributed by atoms with E-state index in [1.807, 2.05) is 6.92 Å². The molecule has 2 rings (SSSR count). The van der Waals surface area contributed by atoms with Crippen LogP contribution in [0.2, 0.25) is 0 Å². The Kier molecular flexibility index (Phi) is 3.53. The van der Waals surface area contributed by atoms with Gasteiger partial charge in [-0.25, -0.2) is 0 Å². The largest absolute Gasteiger partial charge is 0.417 e. The van der Waals surface area contributed by atoms with Crippen molar-refractivity contribution >= 4 is 0 Å². The Labute approximate surface area is 108 Å². The van der Waals surface area contributed by atoms with Crippen LogP contribution in [0.4, 0.5) is 13.2 Å². The van der Waals surface area contributed by atoms with E-state index in [2.05, 4.69) is 9.97 Å². The highest BCUT2D eigenvalue weighted by Gasteiger charge is 2.30. The molecule has 0 radical (unpaired) electrons. The molecule has 2 N–H and O–H groups in total. The average Bonchev–Trinajstić information content (AvgIpc) is 2.38. The number of alkyl halides is 3. The Morgan fingerprint density at radius 2 is 1.79 bits per heavy atom. The average molecular weight is 267 g/mol. The second-order valence-electron chi connectivity index (χ2n) is 4.18. The molecule has 1 atom stereocenters. The van der Waals surface area contributed by atoms with E-state index in [-0.39, 0.29) is 0 Å². The van der Waals surface area contributed by atoms with Crippen molar-refractivity contribution in [1.29, 1.82) is 0 Å². The summed E-state index contributed by atoms with van der Waals surface area (Å²) in [5.41, 5.74) is 7.08. The fourth-order valence-corrected chi connectivity index (χ4v) is 1.59. The molecule has 2 heterocycles. The summed E-state index contributed by atoms with van der Waals surface area (Å²) in [5, 5.41) is 0. The van der Waals surface area contributed by atoms with Gasteiger partial charge in [0.1, 0.15) is 0 Å². The van der Waals surface area contributed by atoms with Crippen LogP contribution in [0.15, 0.2) is 36.7 Å². The van der Waals surface area contributed by atoms with Gasteiger partial charge >= 0.3 is 6.18 Å². The van der Waals surface area contributed by atoms with Crippen molar-refractivity contribution in [2.24, 2.45) is 5.73 Å². The maximum atomic E-state index is 12.4. The van der Waals surface area contributed by atoms with E-state index in [4.69, 9.17) is 5.73 Å². The molecule has 0 saturated heterocycles. The zero-order chi connectivity index (χ0) is 14.0. The molecule has 0 aliphatic carbocycles. The van der Waals surface area contributed by atoms with Gasteiger partial charge in [0.2, 0.25) is 0 Å². The maximum absolute atomic E-state index is 12.4. The molecule has 0 aliphatic rings. The molecule has 3 nitrogen and oxygen atoms in total. The van der Waals surface area contributed by atoms with Gasteiger partial charge in [-0.2, -0.15) is 13.2 Å². The van der Waals surface area contributed by atoms with Crippen molar-refractivity contribution in [3.63, 3.8) is 0 Å². The number of hydrogen-bond acceptors (Lipinski definition) is 3. The zero-order valence-electron chi connectivity index (χ0n) is 10.1. The molecular formula is C13H12F3N3. The predicted molar refractivity (Wildman–Crippen MR) is 64.2 cm³/mol. The van der Waals surface area contributed by atoms with Crippen molar-refractivity contribution in [3.05, 3.63) is 59.2 Å². The van der Waals surface area contributed by atoms with Crippen molar-refractivity contribution in [1.82, 2.24) is 9.97 Å². The van der Waals surface area contributed by atoms with E-state index in [0.717, 1.165) is 18.0 Å².